The van der Waals surface area contributed by atoms with Gasteiger partial charge in [-0.15, -0.1) is 13.2 Å². The first-order valence-corrected chi connectivity index (χ1v) is 6.42. The lowest BCUT2D eigenvalue weighted by Gasteiger charge is -2.10. The Morgan fingerprint density at radius 1 is 1.17 bits per heavy atom. The monoisotopic (exact) mass is 329 g/mol. The molecule has 23 heavy (non-hydrogen) atoms. The highest BCUT2D eigenvalue weighted by atomic mass is 19.4. The molecular weight excluding hydrogens is 315 g/mol. The molecule has 0 bridgehead atoms. The second-order valence-electron chi connectivity index (χ2n) is 4.11. The summed E-state index contributed by atoms with van der Waals surface area (Å²) < 4.78 is 44.3. The number of esters is 1. The minimum atomic E-state index is -4.78. The Labute approximate surface area is 130 Å². The zero-order valence-electron chi connectivity index (χ0n) is 12.1. The van der Waals surface area contributed by atoms with Crippen LogP contribution in [0.15, 0.2) is 48.6 Å². The fourth-order valence-corrected chi connectivity index (χ4v) is 1.37. The number of benzene rings is 1. The molecule has 5 nitrogen and oxygen atoms in total. The number of halogens is 3. The van der Waals surface area contributed by atoms with Crippen molar-refractivity contribution in [2.24, 2.45) is 0 Å². The first-order valence-electron chi connectivity index (χ1n) is 6.42. The van der Waals surface area contributed by atoms with Gasteiger partial charge in [0, 0.05) is 11.8 Å². The van der Waals surface area contributed by atoms with E-state index in [-0.39, 0.29) is 5.69 Å². The molecule has 0 saturated heterocycles. The largest absolute Gasteiger partial charge is 0.573 e. The molecule has 0 aliphatic rings. The molecule has 0 spiro atoms. The average molecular weight is 329 g/mol. The van der Waals surface area contributed by atoms with Gasteiger partial charge in [0.15, 0.2) is 6.61 Å². The summed E-state index contributed by atoms with van der Waals surface area (Å²) in [7, 11) is 0. The zero-order chi connectivity index (χ0) is 17.3. The summed E-state index contributed by atoms with van der Waals surface area (Å²) in [6, 6.07) is 4.56. The van der Waals surface area contributed by atoms with Gasteiger partial charge >= 0.3 is 12.3 Å². The van der Waals surface area contributed by atoms with Crippen LogP contribution in [-0.2, 0) is 14.3 Å². The summed E-state index contributed by atoms with van der Waals surface area (Å²) in [4.78, 5) is 22.7. The molecule has 0 aromatic heterocycles. The molecule has 1 N–H and O–H groups in total. The van der Waals surface area contributed by atoms with E-state index in [0.717, 1.165) is 18.2 Å². The van der Waals surface area contributed by atoms with Crippen LogP contribution in [0.5, 0.6) is 5.75 Å². The van der Waals surface area contributed by atoms with Crippen molar-refractivity contribution in [2.45, 2.75) is 13.3 Å². The molecule has 0 aliphatic carbocycles. The van der Waals surface area contributed by atoms with Crippen LogP contribution in [0.1, 0.15) is 6.92 Å². The molecule has 1 rings (SSSR count). The lowest BCUT2D eigenvalue weighted by Crippen LogP contribution is -2.20. The van der Waals surface area contributed by atoms with Crippen molar-refractivity contribution in [1.29, 1.82) is 0 Å². The van der Waals surface area contributed by atoms with E-state index in [1.54, 1.807) is 19.1 Å². The third kappa shape index (κ3) is 8.30. The molecule has 0 atom stereocenters. The average Bonchev–Trinajstić information content (AvgIpc) is 2.46. The Morgan fingerprint density at radius 3 is 2.39 bits per heavy atom. The Balaban J connectivity index is 2.44. The molecule has 0 heterocycles. The van der Waals surface area contributed by atoms with E-state index in [1.165, 1.54) is 18.2 Å². The summed E-state index contributed by atoms with van der Waals surface area (Å²) in [6.07, 6.45) is 1.16. The highest BCUT2D eigenvalue weighted by Gasteiger charge is 2.30. The number of anilines is 1. The number of ether oxygens (including phenoxy) is 2. The molecule has 1 aromatic rings. The second-order valence-corrected chi connectivity index (χ2v) is 4.11. The van der Waals surface area contributed by atoms with Crippen LogP contribution in [0.4, 0.5) is 18.9 Å². The van der Waals surface area contributed by atoms with Gasteiger partial charge in [0.2, 0.25) is 0 Å². The summed E-state index contributed by atoms with van der Waals surface area (Å²) in [5, 5.41) is 2.36. The van der Waals surface area contributed by atoms with Gasteiger partial charge in [-0.05, 0) is 31.2 Å². The van der Waals surface area contributed by atoms with Crippen molar-refractivity contribution in [2.75, 3.05) is 11.9 Å². The maximum Gasteiger partial charge on any atom is 0.573 e. The van der Waals surface area contributed by atoms with Gasteiger partial charge in [-0.3, -0.25) is 4.79 Å². The number of nitrogens with one attached hydrogen (secondary N) is 1. The van der Waals surface area contributed by atoms with Gasteiger partial charge in [-0.25, -0.2) is 4.79 Å². The Kier molecular flexibility index (Phi) is 6.85. The van der Waals surface area contributed by atoms with Crippen molar-refractivity contribution in [3.63, 3.8) is 0 Å². The molecule has 1 amide bonds. The number of rotatable bonds is 6. The number of carbonyl (C=O) groups is 2. The maximum atomic E-state index is 12.0. The van der Waals surface area contributed by atoms with Crippen molar-refractivity contribution < 1.29 is 32.2 Å². The van der Waals surface area contributed by atoms with E-state index >= 15 is 0 Å². The standard InChI is InChI=1S/C15H14F3NO4/c1-2-3-4-5-14(21)22-10-13(20)19-11-6-8-12(9-7-11)23-15(16,17)18/h2-9H,10H2,1H3,(H,19,20). The van der Waals surface area contributed by atoms with Gasteiger partial charge in [0.05, 0.1) is 0 Å². The smallest absolute Gasteiger partial charge is 0.452 e. The van der Waals surface area contributed by atoms with Crippen LogP contribution < -0.4 is 10.1 Å². The molecule has 0 radical (unpaired) electrons. The molecular formula is C15H14F3NO4. The Bertz CT molecular complexity index is 592. The second kappa shape index (κ2) is 8.62. The third-order valence-corrected chi connectivity index (χ3v) is 2.25. The third-order valence-electron chi connectivity index (χ3n) is 2.25. The van der Waals surface area contributed by atoms with E-state index in [2.05, 4.69) is 14.8 Å². The van der Waals surface area contributed by atoms with Crippen LogP contribution in [0.2, 0.25) is 0 Å². The van der Waals surface area contributed by atoms with Gasteiger partial charge < -0.3 is 14.8 Å². The topological polar surface area (TPSA) is 64.6 Å². The molecule has 0 unspecified atom stereocenters. The van der Waals surface area contributed by atoms with Crippen LogP contribution in [0.25, 0.3) is 0 Å². The van der Waals surface area contributed by atoms with E-state index < -0.39 is 30.6 Å². The molecule has 1 aromatic carbocycles. The highest BCUT2D eigenvalue weighted by molar-refractivity contribution is 5.93. The Morgan fingerprint density at radius 2 is 1.83 bits per heavy atom. The minimum Gasteiger partial charge on any atom is -0.452 e. The summed E-state index contributed by atoms with van der Waals surface area (Å²) in [6.45, 7) is 1.26. The molecule has 0 fully saturated rings. The molecule has 124 valence electrons. The number of allylic oxidation sites excluding steroid dienone is 3. The van der Waals surface area contributed by atoms with Crippen molar-refractivity contribution in [3.8, 4) is 5.75 Å². The van der Waals surface area contributed by atoms with Crippen LogP contribution >= 0.6 is 0 Å². The summed E-state index contributed by atoms with van der Waals surface area (Å²) >= 11 is 0. The van der Waals surface area contributed by atoms with Gasteiger partial charge in [0.25, 0.3) is 5.91 Å². The zero-order valence-corrected chi connectivity index (χ0v) is 12.1. The number of amides is 1. The maximum absolute atomic E-state index is 12.0. The van der Waals surface area contributed by atoms with Gasteiger partial charge in [0.1, 0.15) is 5.75 Å². The molecule has 0 saturated carbocycles. The van der Waals surface area contributed by atoms with Crippen molar-refractivity contribution in [3.05, 3.63) is 48.6 Å². The highest BCUT2D eigenvalue weighted by Crippen LogP contribution is 2.23. The van der Waals surface area contributed by atoms with E-state index in [0.29, 0.717) is 0 Å². The predicted octanol–water partition coefficient (Wildman–Crippen LogP) is 3.20. The van der Waals surface area contributed by atoms with Crippen molar-refractivity contribution >= 4 is 17.6 Å². The summed E-state index contributed by atoms with van der Waals surface area (Å²) in [5.41, 5.74) is 0.241. The van der Waals surface area contributed by atoms with Crippen LogP contribution in [-0.4, -0.2) is 24.8 Å². The fourth-order valence-electron chi connectivity index (χ4n) is 1.37. The first-order chi connectivity index (χ1) is 10.8. The predicted molar refractivity (Wildman–Crippen MR) is 76.7 cm³/mol. The van der Waals surface area contributed by atoms with E-state index in [9.17, 15) is 22.8 Å². The Hall–Kier alpha value is -2.77. The van der Waals surface area contributed by atoms with Crippen LogP contribution in [0.3, 0.4) is 0 Å². The first kappa shape index (κ1) is 18.3. The lowest BCUT2D eigenvalue weighted by molar-refractivity contribution is -0.274. The van der Waals surface area contributed by atoms with Gasteiger partial charge in [-0.2, -0.15) is 0 Å². The molecule has 8 heteroatoms. The number of hydrogen-bond acceptors (Lipinski definition) is 4. The number of hydrogen-bond donors (Lipinski definition) is 1. The quantitative estimate of drug-likeness (QED) is 0.494. The lowest BCUT2D eigenvalue weighted by atomic mass is 10.3. The van der Waals surface area contributed by atoms with E-state index in [1.807, 2.05) is 0 Å². The van der Waals surface area contributed by atoms with Crippen molar-refractivity contribution in [1.82, 2.24) is 0 Å². The number of alkyl halides is 3. The molecule has 0 aliphatic heterocycles. The normalized spacial score (nSPS) is 11.7. The van der Waals surface area contributed by atoms with Gasteiger partial charge in [-0.1, -0.05) is 18.2 Å². The minimum absolute atomic E-state index is 0.241. The number of carbonyl (C=O) groups excluding carboxylic acids is 2. The van der Waals surface area contributed by atoms with Crippen LogP contribution in [0, 0.1) is 0 Å². The SMILES string of the molecule is CC=CC=CC(=O)OCC(=O)Nc1ccc(OC(F)(F)F)cc1. The summed E-state index contributed by atoms with van der Waals surface area (Å²) in [5.74, 6) is -1.72. The fraction of sp³-hybridized carbons (Fsp3) is 0.200. The van der Waals surface area contributed by atoms with E-state index in [4.69, 9.17) is 0 Å².